The first-order valence-electron chi connectivity index (χ1n) is 14.7. The minimum absolute atomic E-state index is 0.0538. The standard InChI is InChI=1S/C30H37N5O9S/c31-45(41,42)21-10-8-20(9-11-21)27(37)33-15-5-19-44-17-2-1-16-43-18-4-14-32-23-7-3-6-22-26(23)30(40)35(29(22)39)24-12-13-25(36)34-28(24)38/h3,6-11,24,32H,1-2,4-5,12-19H2,(H,33,37)(H2,31,41,42)(H,34,36,38)/t24-/m1/s1. The van der Waals surface area contributed by atoms with Crippen molar-refractivity contribution in [1.29, 1.82) is 0 Å². The average molecular weight is 644 g/mol. The van der Waals surface area contributed by atoms with E-state index in [0.717, 1.165) is 17.7 Å². The highest BCUT2D eigenvalue weighted by Crippen LogP contribution is 2.32. The molecule has 0 spiro atoms. The number of anilines is 1. The van der Waals surface area contributed by atoms with Crippen LogP contribution in [0.5, 0.6) is 0 Å². The summed E-state index contributed by atoms with van der Waals surface area (Å²) in [4.78, 5) is 62.8. The predicted molar refractivity (Wildman–Crippen MR) is 162 cm³/mol. The number of carbonyl (C=O) groups excluding carboxylic acids is 5. The number of nitrogens with two attached hydrogens (primary N) is 1. The number of nitrogens with zero attached hydrogens (tertiary/aromatic N) is 1. The number of imide groups is 2. The van der Waals surface area contributed by atoms with Gasteiger partial charge in [0.1, 0.15) is 6.04 Å². The minimum atomic E-state index is -3.80. The fourth-order valence-corrected chi connectivity index (χ4v) is 5.46. The number of hydrogen-bond donors (Lipinski definition) is 4. The average Bonchev–Trinajstić information content (AvgIpc) is 3.26. The SMILES string of the molecule is NS(=O)(=O)c1ccc(C(=O)NCCCOCCCCOCCCNc2cccc3c2C(=O)N([C@@H]2CCC(=O)NC2=O)C3=O)cc1. The van der Waals surface area contributed by atoms with Gasteiger partial charge in [-0.1, -0.05) is 6.07 Å². The van der Waals surface area contributed by atoms with Crippen LogP contribution in [0, 0.1) is 0 Å². The summed E-state index contributed by atoms with van der Waals surface area (Å²) in [5.74, 6) is -2.46. The number of primary sulfonamides is 1. The molecule has 2 aromatic carbocycles. The van der Waals surface area contributed by atoms with Crippen LogP contribution in [0.1, 0.15) is 69.6 Å². The van der Waals surface area contributed by atoms with Crippen molar-refractivity contribution in [3.05, 3.63) is 59.2 Å². The second kappa shape index (κ2) is 15.7. The van der Waals surface area contributed by atoms with E-state index in [1.807, 2.05) is 0 Å². The largest absolute Gasteiger partial charge is 0.384 e. The van der Waals surface area contributed by atoms with E-state index in [-0.39, 0.29) is 34.8 Å². The first-order chi connectivity index (χ1) is 21.6. The third kappa shape index (κ3) is 8.94. The fourth-order valence-electron chi connectivity index (χ4n) is 4.95. The summed E-state index contributed by atoms with van der Waals surface area (Å²) in [7, 11) is -3.80. The molecule has 0 aromatic heterocycles. The number of hydrogen-bond acceptors (Lipinski definition) is 10. The van der Waals surface area contributed by atoms with Crippen molar-refractivity contribution in [2.45, 2.75) is 49.5 Å². The van der Waals surface area contributed by atoms with Gasteiger partial charge in [-0.25, -0.2) is 13.6 Å². The molecule has 14 nitrogen and oxygen atoms in total. The molecule has 0 radical (unpaired) electrons. The van der Waals surface area contributed by atoms with E-state index in [4.69, 9.17) is 14.6 Å². The van der Waals surface area contributed by atoms with Gasteiger partial charge in [-0.2, -0.15) is 0 Å². The van der Waals surface area contributed by atoms with Gasteiger partial charge in [-0.05, 0) is 68.5 Å². The molecule has 1 atom stereocenters. The molecule has 0 aliphatic carbocycles. The van der Waals surface area contributed by atoms with Crippen LogP contribution in [0.2, 0.25) is 0 Å². The lowest BCUT2D eigenvalue weighted by molar-refractivity contribution is -0.136. The number of nitrogens with one attached hydrogen (secondary N) is 3. The summed E-state index contributed by atoms with van der Waals surface area (Å²) < 4.78 is 33.8. The Kier molecular flexibility index (Phi) is 11.8. The first kappa shape index (κ1) is 33.7. The molecule has 5 N–H and O–H groups in total. The number of ether oxygens (including phenoxy) is 2. The van der Waals surface area contributed by atoms with Crippen molar-refractivity contribution in [3.8, 4) is 0 Å². The van der Waals surface area contributed by atoms with Crippen molar-refractivity contribution in [1.82, 2.24) is 15.5 Å². The third-order valence-corrected chi connectivity index (χ3v) is 8.20. The Morgan fingerprint density at radius 3 is 2.18 bits per heavy atom. The molecule has 242 valence electrons. The highest BCUT2D eigenvalue weighted by atomic mass is 32.2. The summed E-state index contributed by atoms with van der Waals surface area (Å²) in [5.41, 5.74) is 1.31. The maximum atomic E-state index is 13.1. The zero-order valence-corrected chi connectivity index (χ0v) is 25.5. The molecule has 5 amide bonds. The van der Waals surface area contributed by atoms with Crippen molar-refractivity contribution < 1.29 is 41.9 Å². The Morgan fingerprint density at radius 2 is 1.53 bits per heavy atom. The van der Waals surface area contributed by atoms with Crippen LogP contribution < -0.4 is 21.1 Å². The van der Waals surface area contributed by atoms with E-state index in [0.29, 0.717) is 63.6 Å². The Morgan fingerprint density at radius 1 is 0.889 bits per heavy atom. The van der Waals surface area contributed by atoms with Crippen molar-refractivity contribution in [3.63, 3.8) is 0 Å². The molecule has 15 heteroatoms. The van der Waals surface area contributed by atoms with E-state index in [1.54, 1.807) is 18.2 Å². The van der Waals surface area contributed by atoms with Crippen molar-refractivity contribution in [2.24, 2.45) is 5.14 Å². The third-order valence-electron chi connectivity index (χ3n) is 7.27. The smallest absolute Gasteiger partial charge is 0.264 e. The Labute approximate surface area is 261 Å². The van der Waals surface area contributed by atoms with Gasteiger partial charge < -0.3 is 20.1 Å². The van der Waals surface area contributed by atoms with Gasteiger partial charge in [0.2, 0.25) is 21.8 Å². The summed E-state index contributed by atoms with van der Waals surface area (Å²) >= 11 is 0. The van der Waals surface area contributed by atoms with E-state index in [2.05, 4.69) is 16.0 Å². The normalized spacial score (nSPS) is 16.5. The van der Waals surface area contributed by atoms with Gasteiger partial charge in [0.25, 0.3) is 17.7 Å². The van der Waals surface area contributed by atoms with E-state index in [1.165, 1.54) is 24.3 Å². The fraction of sp³-hybridized carbons (Fsp3) is 0.433. The summed E-state index contributed by atoms with van der Waals surface area (Å²) in [6.07, 6.45) is 3.10. The number of amides is 5. The summed E-state index contributed by atoms with van der Waals surface area (Å²) in [6.45, 7) is 3.05. The molecule has 2 aliphatic rings. The number of rotatable bonds is 17. The summed E-state index contributed by atoms with van der Waals surface area (Å²) in [5, 5.41) is 13.2. The predicted octanol–water partition coefficient (Wildman–Crippen LogP) is 1.17. The quantitative estimate of drug-likeness (QED) is 0.143. The number of unbranched alkanes of at least 4 members (excludes halogenated alkanes) is 1. The van der Waals surface area contributed by atoms with Crippen LogP contribution in [0.4, 0.5) is 5.69 Å². The van der Waals surface area contributed by atoms with Gasteiger partial charge in [0.05, 0.1) is 16.0 Å². The topological polar surface area (TPSA) is 203 Å². The lowest BCUT2D eigenvalue weighted by Crippen LogP contribution is -2.54. The van der Waals surface area contributed by atoms with Crippen LogP contribution in [-0.2, 0) is 29.1 Å². The zero-order valence-electron chi connectivity index (χ0n) is 24.7. The van der Waals surface area contributed by atoms with Crippen LogP contribution in [0.15, 0.2) is 47.4 Å². The molecule has 1 fully saturated rings. The molecular weight excluding hydrogens is 606 g/mol. The molecular formula is C30H37N5O9S. The molecule has 2 aliphatic heterocycles. The number of carbonyl (C=O) groups is 5. The monoisotopic (exact) mass is 643 g/mol. The highest BCUT2D eigenvalue weighted by Gasteiger charge is 2.45. The lowest BCUT2D eigenvalue weighted by atomic mass is 10.0. The lowest BCUT2D eigenvalue weighted by Gasteiger charge is -2.27. The molecule has 45 heavy (non-hydrogen) atoms. The van der Waals surface area contributed by atoms with E-state index in [9.17, 15) is 32.4 Å². The zero-order chi connectivity index (χ0) is 32.4. The second-order valence-electron chi connectivity index (χ2n) is 10.6. The van der Waals surface area contributed by atoms with Gasteiger partial charge in [-0.3, -0.25) is 34.2 Å². The molecule has 2 heterocycles. The Bertz CT molecular complexity index is 1530. The van der Waals surface area contributed by atoms with Crippen LogP contribution in [-0.4, -0.2) is 88.4 Å². The Hall–Kier alpha value is -4.18. The number of benzene rings is 2. The number of piperidine rings is 1. The molecule has 4 rings (SSSR count). The summed E-state index contributed by atoms with van der Waals surface area (Å²) in [6, 6.07) is 9.33. The van der Waals surface area contributed by atoms with Gasteiger partial charge in [0.15, 0.2) is 0 Å². The maximum absolute atomic E-state index is 13.1. The first-order valence-corrected chi connectivity index (χ1v) is 16.3. The van der Waals surface area contributed by atoms with Gasteiger partial charge >= 0.3 is 0 Å². The highest BCUT2D eigenvalue weighted by molar-refractivity contribution is 7.89. The molecule has 1 saturated heterocycles. The van der Waals surface area contributed by atoms with Crippen molar-refractivity contribution >= 4 is 45.2 Å². The van der Waals surface area contributed by atoms with Gasteiger partial charge in [0, 0.05) is 57.2 Å². The van der Waals surface area contributed by atoms with E-state index < -0.39 is 39.7 Å². The number of fused-ring (bicyclic) bond motifs is 1. The maximum Gasteiger partial charge on any atom is 0.264 e. The van der Waals surface area contributed by atoms with E-state index >= 15 is 0 Å². The van der Waals surface area contributed by atoms with Crippen molar-refractivity contribution in [2.75, 3.05) is 44.8 Å². The Balaban J connectivity index is 1.03. The molecule has 2 aromatic rings. The minimum Gasteiger partial charge on any atom is -0.384 e. The molecule has 0 saturated carbocycles. The molecule has 0 bridgehead atoms. The van der Waals surface area contributed by atoms with Crippen LogP contribution in [0.25, 0.3) is 0 Å². The second-order valence-corrected chi connectivity index (χ2v) is 12.1. The number of sulfonamides is 1. The van der Waals surface area contributed by atoms with Crippen LogP contribution in [0.3, 0.4) is 0 Å². The molecule has 0 unspecified atom stereocenters. The van der Waals surface area contributed by atoms with Crippen LogP contribution >= 0.6 is 0 Å². The van der Waals surface area contributed by atoms with Gasteiger partial charge in [-0.15, -0.1) is 0 Å².